The van der Waals surface area contributed by atoms with Crippen LogP contribution in [0.2, 0.25) is 5.02 Å². The van der Waals surface area contributed by atoms with Gasteiger partial charge in [0.1, 0.15) is 0 Å². The van der Waals surface area contributed by atoms with Gasteiger partial charge >= 0.3 is 0 Å². The Morgan fingerprint density at radius 3 is 2.65 bits per heavy atom. The van der Waals surface area contributed by atoms with Crippen molar-refractivity contribution in [3.63, 3.8) is 0 Å². The number of hydrogen-bond donors (Lipinski definition) is 1. The van der Waals surface area contributed by atoms with Gasteiger partial charge in [0, 0.05) is 29.3 Å². The minimum Gasteiger partial charge on any atom is -0.381 e. The van der Waals surface area contributed by atoms with Crippen molar-refractivity contribution in [1.29, 1.82) is 0 Å². The Kier molecular flexibility index (Phi) is 5.00. The molecule has 0 spiro atoms. The summed E-state index contributed by atoms with van der Waals surface area (Å²) < 4.78 is 12.1. The summed E-state index contributed by atoms with van der Waals surface area (Å²) in [4.78, 5) is 0. The van der Waals surface area contributed by atoms with Crippen molar-refractivity contribution in [1.82, 2.24) is 5.32 Å². The smallest absolute Gasteiger partial charge is 0.0662 e. The van der Waals surface area contributed by atoms with Crippen LogP contribution in [0.25, 0.3) is 0 Å². The molecule has 0 radical (unpaired) electrons. The Morgan fingerprint density at radius 1 is 1.15 bits per heavy atom. The fourth-order valence-electron chi connectivity index (χ4n) is 3.08. The Labute approximate surface area is 133 Å². The molecule has 2 fully saturated rings. The maximum absolute atomic E-state index is 6.55. The number of morpholine rings is 1. The van der Waals surface area contributed by atoms with E-state index in [1.54, 1.807) is 0 Å². The zero-order chi connectivity index (χ0) is 13.9. The van der Waals surface area contributed by atoms with Gasteiger partial charge in [-0.1, -0.05) is 27.5 Å². The number of halogens is 2. The van der Waals surface area contributed by atoms with E-state index < -0.39 is 0 Å². The second kappa shape index (κ2) is 6.75. The quantitative estimate of drug-likeness (QED) is 0.873. The lowest BCUT2D eigenvalue weighted by Gasteiger charge is -2.31. The molecule has 1 aromatic carbocycles. The first kappa shape index (κ1) is 14.8. The molecule has 2 aliphatic rings. The van der Waals surface area contributed by atoms with Crippen LogP contribution in [0, 0.1) is 0 Å². The van der Waals surface area contributed by atoms with Gasteiger partial charge in [-0.25, -0.2) is 0 Å². The van der Waals surface area contributed by atoms with Crippen molar-refractivity contribution in [2.24, 2.45) is 0 Å². The first-order valence-electron chi connectivity index (χ1n) is 7.13. The van der Waals surface area contributed by atoms with E-state index in [0.29, 0.717) is 12.5 Å². The fourth-order valence-corrected chi connectivity index (χ4v) is 4.06. The van der Waals surface area contributed by atoms with Crippen molar-refractivity contribution in [3.8, 4) is 0 Å². The predicted octanol–water partition coefficient (Wildman–Crippen LogP) is 3.66. The molecule has 2 heterocycles. The molecule has 0 bridgehead atoms. The summed E-state index contributed by atoms with van der Waals surface area (Å²) in [5.41, 5.74) is 2.55. The second-order valence-corrected chi connectivity index (χ2v) is 6.68. The molecule has 1 aromatic rings. The van der Waals surface area contributed by atoms with Crippen molar-refractivity contribution in [2.45, 2.75) is 24.8 Å². The van der Waals surface area contributed by atoms with Crippen molar-refractivity contribution < 1.29 is 9.47 Å². The molecule has 2 aliphatic heterocycles. The number of rotatable bonds is 2. The van der Waals surface area contributed by atoms with Crippen LogP contribution in [0.1, 0.15) is 35.9 Å². The summed E-state index contributed by atoms with van der Waals surface area (Å²) in [6, 6.07) is 4.42. The topological polar surface area (TPSA) is 30.5 Å². The van der Waals surface area contributed by atoms with Crippen LogP contribution < -0.4 is 5.32 Å². The number of nitrogens with one attached hydrogen (secondary N) is 1. The summed E-state index contributed by atoms with van der Waals surface area (Å²) in [5.74, 6) is 0.489. The molecule has 0 aliphatic carbocycles. The largest absolute Gasteiger partial charge is 0.381 e. The first-order chi connectivity index (χ1) is 9.75. The fraction of sp³-hybridized carbons (Fsp3) is 0.600. The van der Waals surface area contributed by atoms with Crippen LogP contribution in [0.4, 0.5) is 0 Å². The van der Waals surface area contributed by atoms with Gasteiger partial charge in [0.2, 0.25) is 0 Å². The highest BCUT2D eigenvalue weighted by Gasteiger charge is 2.26. The Balaban J connectivity index is 1.97. The van der Waals surface area contributed by atoms with E-state index in [0.717, 1.165) is 48.7 Å². The highest BCUT2D eigenvalue weighted by atomic mass is 79.9. The lowest BCUT2D eigenvalue weighted by Crippen LogP contribution is -2.35. The summed E-state index contributed by atoms with van der Waals surface area (Å²) in [6.45, 7) is 4.03. The molecule has 3 rings (SSSR count). The number of ether oxygens (including phenoxy) is 2. The molecule has 1 atom stereocenters. The highest BCUT2D eigenvalue weighted by Crippen LogP contribution is 2.39. The van der Waals surface area contributed by atoms with Gasteiger partial charge in [0.15, 0.2) is 0 Å². The second-order valence-electron chi connectivity index (χ2n) is 5.36. The van der Waals surface area contributed by atoms with E-state index in [1.807, 2.05) is 6.07 Å². The third kappa shape index (κ3) is 3.20. The average molecular weight is 361 g/mol. The first-order valence-corrected chi connectivity index (χ1v) is 8.30. The molecule has 20 heavy (non-hydrogen) atoms. The normalized spacial score (nSPS) is 24.8. The lowest BCUT2D eigenvalue weighted by atomic mass is 9.86. The Bertz CT molecular complexity index is 471. The van der Waals surface area contributed by atoms with E-state index in [-0.39, 0.29) is 6.04 Å². The van der Waals surface area contributed by atoms with Crippen LogP contribution >= 0.6 is 27.5 Å². The van der Waals surface area contributed by atoms with E-state index in [9.17, 15) is 0 Å². The summed E-state index contributed by atoms with van der Waals surface area (Å²) >= 11 is 10.1. The minimum absolute atomic E-state index is 0.233. The zero-order valence-corrected chi connectivity index (χ0v) is 13.7. The van der Waals surface area contributed by atoms with Crippen molar-refractivity contribution >= 4 is 27.5 Å². The predicted molar refractivity (Wildman–Crippen MR) is 83.5 cm³/mol. The molecule has 3 nitrogen and oxygen atoms in total. The molecule has 1 unspecified atom stereocenters. The van der Waals surface area contributed by atoms with E-state index in [2.05, 4.69) is 27.3 Å². The molecular weight excluding hydrogens is 342 g/mol. The Hall–Kier alpha value is -0.130. The minimum atomic E-state index is 0.233. The zero-order valence-electron chi connectivity index (χ0n) is 11.3. The lowest BCUT2D eigenvalue weighted by molar-refractivity contribution is 0.0739. The van der Waals surface area contributed by atoms with Gasteiger partial charge in [0.25, 0.3) is 0 Å². The standard InChI is InChI=1S/C15H19BrClNO2/c16-11-7-12(14-9-20-6-3-18-14)15(13(17)8-11)10-1-4-19-5-2-10/h7-8,10,14,18H,1-6,9H2. The van der Waals surface area contributed by atoms with E-state index >= 15 is 0 Å². The van der Waals surface area contributed by atoms with Crippen LogP contribution in [0.15, 0.2) is 16.6 Å². The van der Waals surface area contributed by atoms with E-state index in [4.69, 9.17) is 21.1 Å². The SMILES string of the molecule is Clc1cc(Br)cc(C2COCCN2)c1C1CCOCC1. The van der Waals surface area contributed by atoms with Crippen molar-refractivity contribution in [2.75, 3.05) is 33.0 Å². The summed E-state index contributed by atoms with van der Waals surface area (Å²) in [7, 11) is 0. The van der Waals surface area contributed by atoms with Gasteiger partial charge in [-0.2, -0.15) is 0 Å². The molecule has 110 valence electrons. The summed E-state index contributed by atoms with van der Waals surface area (Å²) in [6.07, 6.45) is 2.09. The Morgan fingerprint density at radius 2 is 1.95 bits per heavy atom. The van der Waals surface area contributed by atoms with Gasteiger partial charge in [-0.05, 0) is 42.0 Å². The molecule has 2 saturated heterocycles. The molecule has 0 aromatic heterocycles. The monoisotopic (exact) mass is 359 g/mol. The summed E-state index contributed by atoms with van der Waals surface area (Å²) in [5, 5.41) is 4.39. The van der Waals surface area contributed by atoms with Gasteiger partial charge in [0.05, 0.1) is 19.3 Å². The van der Waals surface area contributed by atoms with E-state index in [1.165, 1.54) is 11.1 Å². The van der Waals surface area contributed by atoms with Crippen molar-refractivity contribution in [3.05, 3.63) is 32.8 Å². The third-order valence-electron chi connectivity index (χ3n) is 4.05. The molecule has 1 N–H and O–H groups in total. The molecule has 0 saturated carbocycles. The van der Waals surface area contributed by atoms with Gasteiger partial charge in [-0.15, -0.1) is 0 Å². The maximum Gasteiger partial charge on any atom is 0.0662 e. The average Bonchev–Trinajstić information content (AvgIpc) is 2.48. The molecule has 0 amide bonds. The highest BCUT2D eigenvalue weighted by molar-refractivity contribution is 9.10. The van der Waals surface area contributed by atoms with Crippen LogP contribution in [0.3, 0.4) is 0 Å². The number of hydrogen-bond acceptors (Lipinski definition) is 3. The third-order valence-corrected chi connectivity index (χ3v) is 4.82. The van der Waals surface area contributed by atoms with Crippen LogP contribution in [-0.2, 0) is 9.47 Å². The van der Waals surface area contributed by atoms with Crippen LogP contribution in [0.5, 0.6) is 0 Å². The maximum atomic E-state index is 6.55. The van der Waals surface area contributed by atoms with Gasteiger partial charge in [-0.3, -0.25) is 0 Å². The van der Waals surface area contributed by atoms with Crippen LogP contribution in [-0.4, -0.2) is 33.0 Å². The molecule has 5 heteroatoms. The molecular formula is C15H19BrClNO2. The number of benzene rings is 1. The van der Waals surface area contributed by atoms with Gasteiger partial charge < -0.3 is 14.8 Å².